The third-order valence-corrected chi connectivity index (χ3v) is 6.16. The van der Waals surface area contributed by atoms with Crippen LogP contribution in [0.5, 0.6) is 0 Å². The quantitative estimate of drug-likeness (QED) is 0.369. The molecule has 8 heteroatoms. The first-order valence-corrected chi connectivity index (χ1v) is 11.0. The lowest BCUT2D eigenvalue weighted by molar-refractivity contribution is 0.374. The monoisotopic (exact) mass is 411 g/mol. The van der Waals surface area contributed by atoms with Crippen LogP contribution < -0.4 is 0 Å². The zero-order valence-corrected chi connectivity index (χ0v) is 17.4. The molecule has 4 aromatic rings. The van der Waals surface area contributed by atoms with E-state index in [2.05, 4.69) is 62.3 Å². The van der Waals surface area contributed by atoms with Gasteiger partial charge in [0.15, 0.2) is 16.8 Å². The number of nitrogens with zero attached hydrogens (tertiary/aromatic N) is 5. The van der Waals surface area contributed by atoms with Gasteiger partial charge in [-0.1, -0.05) is 60.2 Å². The number of thiophene rings is 1. The van der Waals surface area contributed by atoms with Crippen LogP contribution >= 0.6 is 23.1 Å². The summed E-state index contributed by atoms with van der Waals surface area (Å²) in [5.41, 5.74) is 1.21. The summed E-state index contributed by atoms with van der Waals surface area (Å²) in [5.74, 6) is 2.26. The summed E-state index contributed by atoms with van der Waals surface area (Å²) in [7, 11) is 0. The van der Waals surface area contributed by atoms with Crippen LogP contribution in [0.15, 0.2) is 57.5 Å². The predicted octanol–water partition coefficient (Wildman–Crippen LogP) is 5.24. The molecular formula is C20H21N5OS2. The minimum absolute atomic E-state index is 0.00647. The summed E-state index contributed by atoms with van der Waals surface area (Å²) >= 11 is 3.25. The molecule has 1 aromatic carbocycles. The molecule has 1 atom stereocenters. The van der Waals surface area contributed by atoms with Crippen LogP contribution in [0.1, 0.15) is 42.8 Å². The van der Waals surface area contributed by atoms with Crippen LogP contribution in [0.3, 0.4) is 0 Å². The molecule has 144 valence electrons. The third kappa shape index (κ3) is 4.18. The van der Waals surface area contributed by atoms with Gasteiger partial charge >= 0.3 is 0 Å². The van der Waals surface area contributed by atoms with Crippen LogP contribution in [-0.4, -0.2) is 24.9 Å². The topological polar surface area (TPSA) is 69.6 Å². The number of aryl methyl sites for hydroxylation is 1. The summed E-state index contributed by atoms with van der Waals surface area (Å²) in [6.45, 7) is 4.87. The average Bonchev–Trinajstić information content (AvgIpc) is 3.45. The normalized spacial score (nSPS) is 12.4. The highest BCUT2D eigenvalue weighted by atomic mass is 32.2. The summed E-state index contributed by atoms with van der Waals surface area (Å²) < 4.78 is 7.61. The summed E-state index contributed by atoms with van der Waals surface area (Å²) in [5, 5.41) is 15.9. The first kappa shape index (κ1) is 18.9. The predicted molar refractivity (Wildman–Crippen MR) is 111 cm³/mol. The van der Waals surface area contributed by atoms with Crippen molar-refractivity contribution in [2.45, 2.75) is 43.6 Å². The first-order valence-electron chi connectivity index (χ1n) is 9.24. The molecule has 3 aromatic heterocycles. The minimum Gasteiger partial charge on any atom is -0.338 e. The van der Waals surface area contributed by atoms with Crippen molar-refractivity contribution in [3.8, 4) is 10.7 Å². The van der Waals surface area contributed by atoms with Gasteiger partial charge in [-0.05, 0) is 30.4 Å². The fourth-order valence-electron chi connectivity index (χ4n) is 2.84. The number of hydrogen-bond donors (Lipinski definition) is 0. The van der Waals surface area contributed by atoms with E-state index >= 15 is 0 Å². The lowest BCUT2D eigenvalue weighted by atomic mass is 10.2. The lowest BCUT2D eigenvalue weighted by Gasteiger charge is -2.11. The van der Waals surface area contributed by atoms with Gasteiger partial charge in [-0.15, -0.1) is 21.5 Å². The zero-order valence-electron chi connectivity index (χ0n) is 15.8. The van der Waals surface area contributed by atoms with Crippen molar-refractivity contribution in [3.05, 3.63) is 65.1 Å². The Morgan fingerprint density at radius 2 is 2.00 bits per heavy atom. The number of aromatic nitrogens is 5. The molecule has 4 rings (SSSR count). The van der Waals surface area contributed by atoms with Gasteiger partial charge < -0.3 is 4.52 Å². The van der Waals surface area contributed by atoms with E-state index in [1.165, 1.54) is 5.56 Å². The van der Waals surface area contributed by atoms with Crippen molar-refractivity contribution in [2.75, 3.05) is 0 Å². The Balaban J connectivity index is 1.62. The zero-order chi connectivity index (χ0) is 19.3. The number of thioether (sulfide) groups is 1. The minimum atomic E-state index is -0.00647. The molecule has 0 radical (unpaired) electrons. The van der Waals surface area contributed by atoms with Crippen molar-refractivity contribution in [3.63, 3.8) is 0 Å². The van der Waals surface area contributed by atoms with Gasteiger partial charge in [0.05, 0.1) is 16.7 Å². The Labute approximate surface area is 172 Å². The van der Waals surface area contributed by atoms with Gasteiger partial charge in [0.25, 0.3) is 0 Å². The average molecular weight is 412 g/mol. The van der Waals surface area contributed by atoms with Crippen molar-refractivity contribution < 1.29 is 4.52 Å². The van der Waals surface area contributed by atoms with Crippen LogP contribution in [0.4, 0.5) is 0 Å². The summed E-state index contributed by atoms with van der Waals surface area (Å²) in [4.78, 5) is 5.62. The highest BCUT2D eigenvalue weighted by Gasteiger charge is 2.21. The third-order valence-electron chi connectivity index (χ3n) is 4.23. The molecule has 0 fully saturated rings. The van der Waals surface area contributed by atoms with Crippen LogP contribution in [-0.2, 0) is 13.0 Å². The molecule has 0 bridgehead atoms. The maximum atomic E-state index is 5.45. The second-order valence-corrected chi connectivity index (χ2v) is 8.67. The molecule has 0 unspecified atom stereocenters. The van der Waals surface area contributed by atoms with Gasteiger partial charge in [0, 0.05) is 6.42 Å². The van der Waals surface area contributed by atoms with Crippen molar-refractivity contribution in [2.24, 2.45) is 0 Å². The standard InChI is InChI=1S/C20H21N5OS2/c1-3-8-17-21-19(26-24-17)14(2)28-20-23-22-18(16-11-7-12-27-16)25(20)13-15-9-5-4-6-10-15/h4-7,9-12,14H,3,8,13H2,1-2H3/t14-/m1/s1. The van der Waals surface area contributed by atoms with E-state index in [1.807, 2.05) is 24.3 Å². The maximum absolute atomic E-state index is 5.45. The molecule has 3 heterocycles. The molecule has 0 saturated heterocycles. The van der Waals surface area contributed by atoms with E-state index in [0.717, 1.165) is 34.5 Å². The molecule has 28 heavy (non-hydrogen) atoms. The van der Waals surface area contributed by atoms with Crippen molar-refractivity contribution in [1.29, 1.82) is 0 Å². The Kier molecular flexibility index (Phi) is 5.87. The summed E-state index contributed by atoms with van der Waals surface area (Å²) in [6.07, 6.45) is 1.82. The fraction of sp³-hybridized carbons (Fsp3) is 0.300. The van der Waals surface area contributed by atoms with E-state index in [-0.39, 0.29) is 5.25 Å². The van der Waals surface area contributed by atoms with Crippen LogP contribution in [0.2, 0.25) is 0 Å². The molecule has 0 N–H and O–H groups in total. The van der Waals surface area contributed by atoms with Gasteiger partial charge in [-0.25, -0.2) is 0 Å². The molecule has 0 aliphatic rings. The van der Waals surface area contributed by atoms with E-state index in [0.29, 0.717) is 12.4 Å². The van der Waals surface area contributed by atoms with Gasteiger partial charge in [-0.2, -0.15) is 4.98 Å². The van der Waals surface area contributed by atoms with Gasteiger partial charge in [0.2, 0.25) is 5.89 Å². The lowest BCUT2D eigenvalue weighted by Crippen LogP contribution is -2.04. The molecule has 6 nitrogen and oxygen atoms in total. The molecule has 0 aliphatic heterocycles. The first-order chi connectivity index (χ1) is 13.7. The van der Waals surface area contributed by atoms with Gasteiger partial charge in [0.1, 0.15) is 0 Å². The van der Waals surface area contributed by atoms with E-state index in [9.17, 15) is 0 Å². The Morgan fingerprint density at radius 1 is 1.14 bits per heavy atom. The smallest absolute Gasteiger partial charge is 0.239 e. The summed E-state index contributed by atoms with van der Waals surface area (Å²) in [6, 6.07) is 14.5. The van der Waals surface area contributed by atoms with Gasteiger partial charge in [-0.3, -0.25) is 4.57 Å². The molecular weight excluding hydrogens is 390 g/mol. The largest absolute Gasteiger partial charge is 0.338 e. The Morgan fingerprint density at radius 3 is 2.75 bits per heavy atom. The maximum Gasteiger partial charge on any atom is 0.239 e. The van der Waals surface area contributed by atoms with E-state index < -0.39 is 0 Å². The Hall–Kier alpha value is -2.45. The van der Waals surface area contributed by atoms with Crippen LogP contribution in [0.25, 0.3) is 10.7 Å². The molecule has 0 aliphatic carbocycles. The molecule has 0 amide bonds. The SMILES string of the molecule is CCCc1noc([C@@H](C)Sc2nnc(-c3cccs3)n2Cc2ccccc2)n1. The number of hydrogen-bond acceptors (Lipinski definition) is 7. The molecule has 0 saturated carbocycles. The number of benzene rings is 1. The second kappa shape index (κ2) is 8.70. The van der Waals surface area contributed by atoms with Crippen LogP contribution in [0, 0.1) is 0 Å². The van der Waals surface area contributed by atoms with Crippen molar-refractivity contribution in [1.82, 2.24) is 24.9 Å². The fourth-order valence-corrected chi connectivity index (χ4v) is 4.44. The van der Waals surface area contributed by atoms with E-state index in [4.69, 9.17) is 4.52 Å². The van der Waals surface area contributed by atoms with E-state index in [1.54, 1.807) is 23.1 Å². The Bertz CT molecular complexity index is 1010. The van der Waals surface area contributed by atoms with Crippen molar-refractivity contribution >= 4 is 23.1 Å². The second-order valence-electron chi connectivity index (χ2n) is 6.41. The highest BCUT2D eigenvalue weighted by Crippen LogP contribution is 2.35. The highest BCUT2D eigenvalue weighted by molar-refractivity contribution is 7.99. The molecule has 0 spiro atoms. The number of rotatable bonds is 8.